The summed E-state index contributed by atoms with van der Waals surface area (Å²) in [5.74, 6) is -9.70. The summed E-state index contributed by atoms with van der Waals surface area (Å²) >= 11 is 0. The van der Waals surface area contributed by atoms with E-state index in [1.54, 1.807) is 12.1 Å². The Bertz CT molecular complexity index is 2450. The Morgan fingerprint density at radius 1 is 0.520 bits per heavy atom. The highest BCUT2D eigenvalue weighted by Crippen LogP contribution is 2.58. The van der Waals surface area contributed by atoms with Gasteiger partial charge in [-0.2, -0.15) is 0 Å². The summed E-state index contributed by atoms with van der Waals surface area (Å²) in [4.78, 5) is 13.6. The molecule has 2 aliphatic heterocycles. The summed E-state index contributed by atoms with van der Waals surface area (Å²) in [7, 11) is -2.21. The number of nitrogens with zero attached hydrogens (tertiary/aromatic N) is 2. The molecule has 0 unspecified atom stereocenters. The SMILES string of the molecule is Fc1c(F)c(F)c(-p2c3cc4nc(c(-c5ccccc5)c5ccc([nH]5)c(-c5ccccc5)c5nc(cc2c2c3CCC2)C=C5)C=C4)c(F)c1F. The molecule has 6 aromatic rings. The van der Waals surface area contributed by atoms with Gasteiger partial charge in [0.2, 0.25) is 5.82 Å². The van der Waals surface area contributed by atoms with Crippen molar-refractivity contribution in [1.82, 2.24) is 15.0 Å². The number of nitrogens with one attached hydrogen (secondary N) is 1. The van der Waals surface area contributed by atoms with Crippen LogP contribution in [-0.4, -0.2) is 15.0 Å². The van der Waals surface area contributed by atoms with Gasteiger partial charge in [0.05, 0.1) is 28.1 Å². The van der Waals surface area contributed by atoms with Crippen LogP contribution < -0.4 is 0 Å². The van der Waals surface area contributed by atoms with Crippen molar-refractivity contribution in [1.29, 1.82) is 0 Å². The molecule has 3 aromatic heterocycles. The molecule has 3 aromatic carbocycles. The average Bonchev–Trinajstić information content (AvgIpc) is 3.98. The molecule has 0 radical (unpaired) electrons. The van der Waals surface area contributed by atoms with Gasteiger partial charge in [-0.1, -0.05) is 68.2 Å². The van der Waals surface area contributed by atoms with Crippen LogP contribution in [0.4, 0.5) is 22.0 Å². The lowest BCUT2D eigenvalue weighted by molar-refractivity contribution is 0.383. The van der Waals surface area contributed by atoms with Crippen molar-refractivity contribution in [3.8, 4) is 27.6 Å². The molecule has 0 spiro atoms. The van der Waals surface area contributed by atoms with Crippen molar-refractivity contribution in [2.45, 2.75) is 19.3 Å². The summed E-state index contributed by atoms with van der Waals surface area (Å²) in [5, 5.41) is 0.254. The molecule has 9 heteroatoms. The first-order chi connectivity index (χ1) is 24.4. The van der Waals surface area contributed by atoms with Crippen LogP contribution in [0.2, 0.25) is 0 Å². The van der Waals surface area contributed by atoms with Crippen molar-refractivity contribution in [2.24, 2.45) is 0 Å². The third kappa shape index (κ3) is 4.78. The van der Waals surface area contributed by atoms with E-state index in [0.717, 1.165) is 50.8 Å². The van der Waals surface area contributed by atoms with Gasteiger partial charge in [0.15, 0.2) is 23.3 Å². The maximum absolute atomic E-state index is 15.8. The normalized spacial score (nSPS) is 13.3. The summed E-state index contributed by atoms with van der Waals surface area (Å²) in [6.45, 7) is 0. The Hall–Kier alpha value is -5.59. The fourth-order valence-corrected chi connectivity index (χ4v) is 10.2. The minimum atomic E-state index is -2.21. The monoisotopic (exact) mass is 685 g/mol. The first kappa shape index (κ1) is 30.5. The van der Waals surface area contributed by atoms with Gasteiger partial charge in [-0.25, -0.2) is 31.9 Å². The smallest absolute Gasteiger partial charge is 0.200 e. The molecule has 3 aliphatic rings. The van der Waals surface area contributed by atoms with Gasteiger partial charge in [0, 0.05) is 32.4 Å². The van der Waals surface area contributed by atoms with E-state index in [4.69, 9.17) is 9.97 Å². The number of aromatic nitrogens is 3. The van der Waals surface area contributed by atoms with Crippen molar-refractivity contribution in [3.63, 3.8) is 0 Å². The van der Waals surface area contributed by atoms with E-state index in [1.165, 1.54) is 0 Å². The second-order valence-corrected chi connectivity index (χ2v) is 14.5. The molecule has 1 N–H and O–H groups in total. The van der Waals surface area contributed by atoms with Gasteiger partial charge in [-0.15, -0.1) is 0 Å². The molecule has 0 saturated carbocycles. The lowest BCUT2D eigenvalue weighted by atomic mass is 10.0. The second-order valence-electron chi connectivity index (χ2n) is 12.4. The molecule has 0 fully saturated rings. The second kappa shape index (κ2) is 11.8. The number of halogens is 5. The Morgan fingerprint density at radius 2 is 0.960 bits per heavy atom. The molecule has 8 bridgehead atoms. The molecule has 0 saturated heterocycles. The molecular weight excluding hydrogens is 660 g/mol. The molecular formula is C41H25F5N3P. The van der Waals surface area contributed by atoms with Gasteiger partial charge in [-0.3, -0.25) is 0 Å². The van der Waals surface area contributed by atoms with Crippen LogP contribution in [0, 0.1) is 29.1 Å². The number of aromatic amines is 1. The minimum absolute atomic E-state index is 0.518. The van der Waals surface area contributed by atoms with Crippen molar-refractivity contribution in [3.05, 3.63) is 148 Å². The summed E-state index contributed by atoms with van der Waals surface area (Å²) in [5.41, 5.74) is 9.25. The standard InChI is InChI=1S/C41H25F5N3P/c42-36-37(43)39(45)41(40(46)38(36)44)50-32-20-24-14-16-28(47-24)34(22-8-3-1-4-9-22)30-18-19-31(49-30)35(23-10-5-2-6-11-23)29-17-15-25(48-29)21-33(50)27-13-7-12-26(27)32/h1-6,8-11,14-21,49H,7,12-13H2. The summed E-state index contributed by atoms with van der Waals surface area (Å²) < 4.78 is 75.5. The third-order valence-corrected chi connectivity index (χ3v) is 12.1. The van der Waals surface area contributed by atoms with E-state index in [9.17, 15) is 13.2 Å². The van der Waals surface area contributed by atoms with Gasteiger partial charge >= 0.3 is 0 Å². The van der Waals surface area contributed by atoms with Gasteiger partial charge in [0.1, 0.15) is 0 Å². The maximum Gasteiger partial charge on any atom is 0.200 e. The van der Waals surface area contributed by atoms with E-state index in [2.05, 4.69) is 4.98 Å². The highest BCUT2D eigenvalue weighted by molar-refractivity contribution is 7.67. The van der Waals surface area contributed by atoms with Gasteiger partial charge < -0.3 is 4.98 Å². The third-order valence-electron chi connectivity index (χ3n) is 9.48. The molecule has 1 aliphatic carbocycles. The molecule has 244 valence electrons. The van der Waals surface area contributed by atoms with E-state index in [-0.39, 0.29) is 0 Å². The zero-order valence-electron chi connectivity index (χ0n) is 26.2. The number of rotatable bonds is 3. The van der Waals surface area contributed by atoms with Gasteiger partial charge in [-0.05, 0) is 90.1 Å². The Kier molecular flexibility index (Phi) is 7.18. The molecule has 5 heterocycles. The number of benzene rings is 3. The molecule has 50 heavy (non-hydrogen) atoms. The van der Waals surface area contributed by atoms with Crippen molar-refractivity contribution < 1.29 is 22.0 Å². The molecule has 3 nitrogen and oxygen atoms in total. The van der Waals surface area contributed by atoms with Crippen molar-refractivity contribution in [2.75, 3.05) is 0 Å². The van der Waals surface area contributed by atoms with Crippen LogP contribution in [0.15, 0.2) is 84.9 Å². The Morgan fingerprint density at radius 3 is 1.42 bits per heavy atom. The maximum atomic E-state index is 15.8. The average molecular weight is 686 g/mol. The van der Waals surface area contributed by atoms with Crippen LogP contribution in [-0.2, 0) is 12.8 Å². The van der Waals surface area contributed by atoms with Crippen molar-refractivity contribution >= 4 is 53.1 Å². The van der Waals surface area contributed by atoms with Crippen LogP contribution in [0.1, 0.15) is 40.3 Å². The first-order valence-electron chi connectivity index (χ1n) is 16.2. The fourth-order valence-electron chi connectivity index (χ4n) is 7.30. The van der Waals surface area contributed by atoms with E-state index in [0.29, 0.717) is 45.9 Å². The quantitative estimate of drug-likeness (QED) is 0.114. The van der Waals surface area contributed by atoms with Gasteiger partial charge in [0.25, 0.3) is 0 Å². The number of fused-ring (bicyclic) bond motifs is 11. The zero-order valence-corrected chi connectivity index (χ0v) is 27.1. The highest BCUT2D eigenvalue weighted by Gasteiger charge is 2.31. The topological polar surface area (TPSA) is 41.6 Å². The molecule has 0 atom stereocenters. The predicted molar refractivity (Wildman–Crippen MR) is 191 cm³/mol. The minimum Gasteiger partial charge on any atom is -0.354 e. The number of aryl methyl sites for hydroxylation is 2. The first-order valence-corrected chi connectivity index (χ1v) is 17.5. The zero-order chi connectivity index (χ0) is 34.1. The van der Waals surface area contributed by atoms with E-state index in [1.807, 2.05) is 97.1 Å². The largest absolute Gasteiger partial charge is 0.354 e. The van der Waals surface area contributed by atoms with Crippen LogP contribution in [0.5, 0.6) is 0 Å². The number of hydrogen-bond acceptors (Lipinski definition) is 2. The van der Waals surface area contributed by atoms with E-state index >= 15 is 8.78 Å². The Balaban J connectivity index is 1.50. The molecule has 0 amide bonds. The van der Waals surface area contributed by atoms with Crippen LogP contribution in [0.3, 0.4) is 0 Å². The number of hydrogen-bond donors (Lipinski definition) is 1. The highest BCUT2D eigenvalue weighted by atomic mass is 31.1. The lowest BCUT2D eigenvalue weighted by Crippen LogP contribution is -2.01. The van der Waals surface area contributed by atoms with Crippen LogP contribution >= 0.6 is 7.53 Å². The Labute approximate surface area is 284 Å². The summed E-state index contributed by atoms with van der Waals surface area (Å²) in [6.07, 6.45) is 9.43. The van der Waals surface area contributed by atoms with E-state index < -0.39 is 41.9 Å². The number of H-pyrrole nitrogens is 1. The lowest BCUT2D eigenvalue weighted by Gasteiger charge is -2.10. The van der Waals surface area contributed by atoms with Crippen LogP contribution in [0.25, 0.3) is 73.1 Å². The molecule has 9 rings (SSSR count). The predicted octanol–water partition coefficient (Wildman–Crippen LogP) is 11.8. The summed E-state index contributed by atoms with van der Waals surface area (Å²) in [6, 6.07) is 27.2. The fraction of sp³-hybridized carbons (Fsp3) is 0.0732.